The fraction of sp³-hybridized carbons (Fsp3) is 0.421. The van der Waals surface area contributed by atoms with Gasteiger partial charge in [0.25, 0.3) is 0 Å². The van der Waals surface area contributed by atoms with E-state index in [9.17, 15) is 9.18 Å². The van der Waals surface area contributed by atoms with Crippen LogP contribution in [-0.2, 0) is 4.74 Å². The maximum absolute atomic E-state index is 13.3. The van der Waals surface area contributed by atoms with E-state index in [1.165, 1.54) is 23.3 Å². The third-order valence-corrected chi connectivity index (χ3v) is 4.56. The Morgan fingerprint density at radius 2 is 2.26 bits per heavy atom. The molecule has 1 amide bonds. The highest BCUT2D eigenvalue weighted by Crippen LogP contribution is 2.37. The number of rotatable bonds is 3. The highest BCUT2D eigenvalue weighted by Gasteiger charge is 2.36. The topological polar surface area (TPSA) is 29.5 Å². The Hall–Kier alpha value is -2.10. The molecule has 4 heteroatoms. The fourth-order valence-electron chi connectivity index (χ4n) is 3.52. The Bertz CT molecular complexity index is 651. The molecule has 3 rings (SSSR count). The van der Waals surface area contributed by atoms with Crippen molar-refractivity contribution in [1.29, 1.82) is 0 Å². The van der Waals surface area contributed by atoms with Gasteiger partial charge in [-0.15, -0.1) is 0 Å². The standard InChI is InChI=1S/C19H22FNO2/c1-2-23-19(22)21-12-11-17-15(6-4-8-18(17)21)10-9-14-5-3-7-16(20)13-14/h3,5,7,9-10,13,18H,2,4,6,8,11-12H2,1H3. The van der Waals surface area contributed by atoms with Crippen molar-refractivity contribution in [3.05, 3.63) is 52.9 Å². The lowest BCUT2D eigenvalue weighted by Gasteiger charge is -2.28. The zero-order valence-electron chi connectivity index (χ0n) is 13.4. The van der Waals surface area contributed by atoms with E-state index in [2.05, 4.69) is 6.08 Å². The minimum Gasteiger partial charge on any atom is -0.450 e. The smallest absolute Gasteiger partial charge is 0.410 e. The molecular weight excluding hydrogens is 293 g/mol. The number of nitrogens with zero attached hydrogens (tertiary/aromatic N) is 1. The molecule has 1 saturated heterocycles. The number of carbonyl (C=O) groups is 1. The quantitative estimate of drug-likeness (QED) is 0.819. The summed E-state index contributed by atoms with van der Waals surface area (Å²) < 4.78 is 18.4. The Morgan fingerprint density at radius 1 is 1.39 bits per heavy atom. The lowest BCUT2D eigenvalue weighted by molar-refractivity contribution is 0.103. The first-order chi connectivity index (χ1) is 11.2. The van der Waals surface area contributed by atoms with Crippen molar-refractivity contribution < 1.29 is 13.9 Å². The van der Waals surface area contributed by atoms with E-state index < -0.39 is 0 Å². The fourth-order valence-corrected chi connectivity index (χ4v) is 3.52. The van der Waals surface area contributed by atoms with Gasteiger partial charge >= 0.3 is 6.09 Å². The van der Waals surface area contributed by atoms with Gasteiger partial charge < -0.3 is 9.64 Å². The van der Waals surface area contributed by atoms with E-state index >= 15 is 0 Å². The van der Waals surface area contributed by atoms with Gasteiger partial charge in [0.15, 0.2) is 0 Å². The molecule has 0 N–H and O–H groups in total. The number of fused-ring (bicyclic) bond motifs is 1. The number of ether oxygens (including phenoxy) is 1. The van der Waals surface area contributed by atoms with Crippen LogP contribution in [0.1, 0.15) is 38.2 Å². The van der Waals surface area contributed by atoms with E-state index in [4.69, 9.17) is 4.74 Å². The van der Waals surface area contributed by atoms with Crippen LogP contribution in [0.4, 0.5) is 9.18 Å². The molecule has 1 fully saturated rings. The second-order valence-corrected chi connectivity index (χ2v) is 5.99. The number of allylic oxidation sites excluding steroid dienone is 2. The van der Waals surface area contributed by atoms with Crippen molar-refractivity contribution in [1.82, 2.24) is 4.90 Å². The van der Waals surface area contributed by atoms with Gasteiger partial charge in [-0.3, -0.25) is 0 Å². The van der Waals surface area contributed by atoms with Gasteiger partial charge in [0, 0.05) is 6.54 Å². The van der Waals surface area contributed by atoms with E-state index in [1.807, 2.05) is 24.0 Å². The van der Waals surface area contributed by atoms with Crippen molar-refractivity contribution in [2.24, 2.45) is 0 Å². The molecule has 3 nitrogen and oxygen atoms in total. The first-order valence-corrected chi connectivity index (χ1v) is 8.28. The van der Waals surface area contributed by atoms with Crippen LogP contribution in [-0.4, -0.2) is 30.2 Å². The maximum Gasteiger partial charge on any atom is 0.410 e. The summed E-state index contributed by atoms with van der Waals surface area (Å²) in [6, 6.07) is 6.76. The van der Waals surface area contributed by atoms with Crippen LogP contribution in [0.3, 0.4) is 0 Å². The van der Waals surface area contributed by atoms with Crippen LogP contribution in [0.2, 0.25) is 0 Å². The van der Waals surface area contributed by atoms with Gasteiger partial charge in [-0.1, -0.05) is 24.3 Å². The molecule has 23 heavy (non-hydrogen) atoms. The molecule has 0 radical (unpaired) electrons. The third kappa shape index (κ3) is 3.46. The number of hydrogen-bond donors (Lipinski definition) is 0. The first-order valence-electron chi connectivity index (χ1n) is 8.28. The molecule has 1 aromatic rings. The van der Waals surface area contributed by atoms with Crippen LogP contribution >= 0.6 is 0 Å². The van der Waals surface area contributed by atoms with Crippen molar-refractivity contribution in [2.45, 2.75) is 38.6 Å². The van der Waals surface area contributed by atoms with Crippen molar-refractivity contribution in [2.75, 3.05) is 13.2 Å². The summed E-state index contributed by atoms with van der Waals surface area (Å²) in [4.78, 5) is 13.9. The first kappa shape index (κ1) is 15.8. The Morgan fingerprint density at radius 3 is 3.04 bits per heavy atom. The number of hydrogen-bond acceptors (Lipinski definition) is 2. The normalized spacial score (nSPS) is 21.0. The minimum absolute atomic E-state index is 0.176. The van der Waals surface area contributed by atoms with Gasteiger partial charge in [0.1, 0.15) is 5.82 Å². The lowest BCUT2D eigenvalue weighted by Crippen LogP contribution is -2.37. The van der Waals surface area contributed by atoms with E-state index in [1.54, 1.807) is 6.07 Å². The van der Waals surface area contributed by atoms with Crippen molar-refractivity contribution >= 4 is 12.2 Å². The van der Waals surface area contributed by atoms with Crippen LogP contribution in [0.15, 0.2) is 41.5 Å². The third-order valence-electron chi connectivity index (χ3n) is 4.56. The molecule has 1 aromatic carbocycles. The molecule has 2 aliphatic rings. The number of amides is 1. The van der Waals surface area contributed by atoms with E-state index in [0.717, 1.165) is 37.8 Å². The SMILES string of the molecule is CCOC(=O)N1CCC2=C(C=Cc3cccc(F)c3)CCCC21. The molecule has 1 aliphatic carbocycles. The summed E-state index contributed by atoms with van der Waals surface area (Å²) in [5.74, 6) is -0.222. The summed E-state index contributed by atoms with van der Waals surface area (Å²) >= 11 is 0. The maximum atomic E-state index is 13.3. The highest BCUT2D eigenvalue weighted by molar-refractivity contribution is 5.70. The van der Waals surface area contributed by atoms with E-state index in [-0.39, 0.29) is 18.0 Å². The second-order valence-electron chi connectivity index (χ2n) is 5.99. The van der Waals surface area contributed by atoms with Crippen LogP contribution in [0.25, 0.3) is 6.08 Å². The second kappa shape index (κ2) is 6.99. The predicted octanol–water partition coefficient (Wildman–Crippen LogP) is 4.55. The largest absolute Gasteiger partial charge is 0.450 e. The molecule has 0 spiro atoms. The van der Waals surface area contributed by atoms with Gasteiger partial charge in [-0.25, -0.2) is 9.18 Å². The predicted molar refractivity (Wildman–Crippen MR) is 88.4 cm³/mol. The van der Waals surface area contributed by atoms with Gasteiger partial charge in [0.05, 0.1) is 12.6 Å². The summed E-state index contributed by atoms with van der Waals surface area (Å²) in [5.41, 5.74) is 3.50. The summed E-state index contributed by atoms with van der Waals surface area (Å²) in [6.07, 6.45) is 7.84. The van der Waals surface area contributed by atoms with Gasteiger partial charge in [-0.2, -0.15) is 0 Å². The minimum atomic E-state index is -0.222. The average molecular weight is 315 g/mol. The Kier molecular flexibility index (Phi) is 4.79. The Balaban J connectivity index is 1.79. The molecule has 1 aliphatic heterocycles. The molecule has 0 saturated carbocycles. The van der Waals surface area contributed by atoms with Crippen molar-refractivity contribution in [3.63, 3.8) is 0 Å². The summed E-state index contributed by atoms with van der Waals surface area (Å²) in [5, 5.41) is 0. The highest BCUT2D eigenvalue weighted by atomic mass is 19.1. The van der Waals surface area contributed by atoms with Gasteiger partial charge in [0.2, 0.25) is 0 Å². The molecule has 1 heterocycles. The van der Waals surface area contributed by atoms with E-state index in [0.29, 0.717) is 6.61 Å². The zero-order valence-corrected chi connectivity index (χ0v) is 13.4. The number of likely N-dealkylation sites (tertiary alicyclic amines) is 1. The molecule has 1 atom stereocenters. The number of carbonyl (C=O) groups excluding carboxylic acids is 1. The summed E-state index contributed by atoms with van der Waals surface area (Å²) in [7, 11) is 0. The molecule has 1 unspecified atom stereocenters. The van der Waals surface area contributed by atoms with Crippen molar-refractivity contribution in [3.8, 4) is 0 Å². The monoisotopic (exact) mass is 315 g/mol. The zero-order chi connectivity index (χ0) is 16.2. The van der Waals surface area contributed by atoms with Crippen LogP contribution in [0, 0.1) is 5.82 Å². The molecule has 0 aromatic heterocycles. The van der Waals surface area contributed by atoms with Crippen LogP contribution in [0.5, 0.6) is 0 Å². The number of halogens is 1. The average Bonchev–Trinajstić information content (AvgIpc) is 2.98. The lowest BCUT2D eigenvalue weighted by atomic mass is 9.87. The summed E-state index contributed by atoms with van der Waals surface area (Å²) in [6.45, 7) is 2.97. The molecular formula is C19H22FNO2. The Labute approximate surface area is 136 Å². The van der Waals surface area contributed by atoms with Crippen LogP contribution < -0.4 is 0 Å². The molecule has 122 valence electrons. The molecule has 0 bridgehead atoms. The van der Waals surface area contributed by atoms with Gasteiger partial charge in [-0.05, 0) is 61.4 Å². The number of benzene rings is 1.